The zero-order valence-electron chi connectivity index (χ0n) is 11.5. The third kappa shape index (κ3) is 1.92. The van der Waals surface area contributed by atoms with Gasteiger partial charge in [-0.15, -0.1) is 9.78 Å². The highest BCUT2D eigenvalue weighted by Crippen LogP contribution is 2.24. The largest absolute Gasteiger partial charge is 0.508 e. The molecular formula is C13H10N7O3+. The van der Waals surface area contributed by atoms with Crippen LogP contribution >= 0.6 is 0 Å². The second kappa shape index (κ2) is 4.66. The lowest BCUT2D eigenvalue weighted by molar-refractivity contribution is -0.649. The molecule has 0 bridgehead atoms. The fourth-order valence-corrected chi connectivity index (χ4v) is 2.36. The van der Waals surface area contributed by atoms with E-state index in [4.69, 9.17) is 0 Å². The fraction of sp³-hybridized carbons (Fsp3) is 0. The number of phenolic OH excluding ortho intramolecular Hbond substituents is 2. The van der Waals surface area contributed by atoms with Gasteiger partial charge in [-0.3, -0.25) is 0 Å². The minimum atomic E-state index is -0.438. The van der Waals surface area contributed by atoms with Gasteiger partial charge in [-0.1, -0.05) is 5.21 Å². The Morgan fingerprint density at radius 2 is 2.00 bits per heavy atom. The smallest absolute Gasteiger partial charge is 0.401 e. The first kappa shape index (κ1) is 13.0. The van der Waals surface area contributed by atoms with Crippen molar-refractivity contribution in [2.24, 2.45) is 0 Å². The van der Waals surface area contributed by atoms with Crippen LogP contribution in [0.2, 0.25) is 0 Å². The summed E-state index contributed by atoms with van der Waals surface area (Å²) in [4.78, 5) is 27.3. The summed E-state index contributed by atoms with van der Waals surface area (Å²) in [5, 5.41) is 24.5. The molecule has 0 aliphatic heterocycles. The monoisotopic (exact) mass is 312 g/mol. The number of fused-ring (bicyclic) bond motifs is 1. The van der Waals surface area contributed by atoms with Crippen LogP contribution in [0.4, 0.5) is 0 Å². The normalized spacial score (nSPS) is 11.1. The van der Waals surface area contributed by atoms with Crippen molar-refractivity contribution < 1.29 is 14.9 Å². The first-order valence-corrected chi connectivity index (χ1v) is 6.54. The third-order valence-corrected chi connectivity index (χ3v) is 3.37. The minimum Gasteiger partial charge on any atom is -0.508 e. The molecule has 0 spiro atoms. The van der Waals surface area contributed by atoms with Crippen LogP contribution in [0.1, 0.15) is 0 Å². The van der Waals surface area contributed by atoms with Crippen LogP contribution in [0.5, 0.6) is 11.5 Å². The maximum atomic E-state index is 12.2. The Morgan fingerprint density at radius 1 is 1.13 bits per heavy atom. The number of aromatic nitrogens is 7. The van der Waals surface area contributed by atoms with Crippen LogP contribution in [-0.4, -0.2) is 40.5 Å². The molecule has 0 saturated carbocycles. The van der Waals surface area contributed by atoms with Gasteiger partial charge in [-0.05, 0) is 12.1 Å². The van der Waals surface area contributed by atoms with Crippen LogP contribution in [0.25, 0.3) is 28.2 Å². The van der Waals surface area contributed by atoms with E-state index in [0.29, 0.717) is 16.9 Å². The first-order valence-electron chi connectivity index (χ1n) is 6.54. The number of aromatic amines is 3. The molecule has 0 atom stereocenters. The van der Waals surface area contributed by atoms with E-state index in [9.17, 15) is 15.0 Å². The van der Waals surface area contributed by atoms with Gasteiger partial charge in [-0.25, -0.2) is 19.7 Å². The highest BCUT2D eigenvalue weighted by Gasteiger charge is 2.26. The Balaban J connectivity index is 2.03. The molecule has 0 radical (unpaired) electrons. The van der Waals surface area contributed by atoms with Crippen molar-refractivity contribution in [2.45, 2.75) is 0 Å². The summed E-state index contributed by atoms with van der Waals surface area (Å²) in [7, 11) is 0. The maximum Gasteiger partial charge on any atom is 0.401 e. The number of aromatic hydroxyl groups is 2. The van der Waals surface area contributed by atoms with Crippen molar-refractivity contribution in [1.29, 1.82) is 0 Å². The molecule has 0 saturated heterocycles. The third-order valence-electron chi connectivity index (χ3n) is 3.37. The molecule has 0 aliphatic rings. The second-order valence-corrected chi connectivity index (χ2v) is 4.75. The fourth-order valence-electron chi connectivity index (χ4n) is 2.36. The molecule has 4 aromatic rings. The lowest BCUT2D eigenvalue weighted by atomic mass is 10.2. The van der Waals surface area contributed by atoms with Gasteiger partial charge in [0.25, 0.3) is 5.69 Å². The molecule has 3 heterocycles. The van der Waals surface area contributed by atoms with E-state index in [1.54, 1.807) is 0 Å². The molecule has 0 unspecified atom stereocenters. The Morgan fingerprint density at radius 3 is 2.83 bits per heavy atom. The van der Waals surface area contributed by atoms with Gasteiger partial charge in [0, 0.05) is 6.07 Å². The maximum absolute atomic E-state index is 12.2. The van der Waals surface area contributed by atoms with Crippen LogP contribution in [0.3, 0.4) is 0 Å². The molecule has 114 valence electrons. The van der Waals surface area contributed by atoms with E-state index in [2.05, 4.69) is 30.2 Å². The number of nitrogens with zero attached hydrogens (tertiary/aromatic N) is 4. The Hall–Kier alpha value is -3.69. The molecular weight excluding hydrogens is 302 g/mol. The zero-order valence-corrected chi connectivity index (χ0v) is 11.5. The Labute approximate surface area is 127 Å². The highest BCUT2D eigenvalue weighted by molar-refractivity contribution is 5.84. The minimum absolute atomic E-state index is 0.0933. The summed E-state index contributed by atoms with van der Waals surface area (Å²) < 4.78 is 1.33. The predicted octanol–water partition coefficient (Wildman–Crippen LogP) is -0.276. The van der Waals surface area contributed by atoms with Crippen LogP contribution in [0.15, 0.2) is 35.6 Å². The zero-order chi connectivity index (χ0) is 16.0. The SMILES string of the molecule is O=c1[nH][nH][n+](-c2ccc(O)cc2O)c1-c1ncnc2nc[nH]c12. The number of nitrogens with one attached hydrogen (secondary N) is 3. The van der Waals surface area contributed by atoms with Gasteiger partial charge in [0.1, 0.15) is 23.3 Å². The summed E-state index contributed by atoms with van der Waals surface area (Å²) in [6.07, 6.45) is 2.75. The average Bonchev–Trinajstić information content (AvgIpc) is 3.14. The molecule has 10 heteroatoms. The van der Waals surface area contributed by atoms with E-state index in [0.717, 1.165) is 0 Å². The van der Waals surface area contributed by atoms with Gasteiger partial charge < -0.3 is 15.2 Å². The highest BCUT2D eigenvalue weighted by atomic mass is 16.3. The topological polar surface area (TPSA) is 147 Å². The van der Waals surface area contributed by atoms with Gasteiger partial charge in [0.05, 0.1) is 6.33 Å². The number of rotatable bonds is 2. The van der Waals surface area contributed by atoms with Crippen LogP contribution in [-0.2, 0) is 0 Å². The number of benzene rings is 1. The Kier molecular flexibility index (Phi) is 2.64. The van der Waals surface area contributed by atoms with Gasteiger partial charge in [0.2, 0.25) is 0 Å². The lowest BCUT2D eigenvalue weighted by Gasteiger charge is -2.03. The van der Waals surface area contributed by atoms with Crippen molar-refractivity contribution in [3.63, 3.8) is 0 Å². The van der Waals surface area contributed by atoms with Gasteiger partial charge >= 0.3 is 5.56 Å². The molecule has 1 aromatic carbocycles. The molecule has 3 aromatic heterocycles. The number of phenols is 2. The van der Waals surface area contributed by atoms with E-state index in [1.165, 1.54) is 35.5 Å². The van der Waals surface area contributed by atoms with Crippen LogP contribution in [0, 0.1) is 0 Å². The van der Waals surface area contributed by atoms with Crippen LogP contribution < -0.4 is 10.2 Å². The standard InChI is InChI=1S/C13H9N7O3/c21-6-1-2-7(8(22)3-6)20-11(13(23)18-19-20)9-10-12(16-4-14-9)17-5-15-10/h1-5H,(H4,14,15,16,17,18,19,21,22,23)/p+1. The number of imidazole rings is 1. The summed E-state index contributed by atoms with van der Waals surface area (Å²) in [6, 6.07) is 4.02. The van der Waals surface area contributed by atoms with Crippen molar-refractivity contribution >= 4 is 11.2 Å². The summed E-state index contributed by atoms with van der Waals surface area (Å²) in [6.45, 7) is 0. The van der Waals surface area contributed by atoms with Crippen molar-refractivity contribution in [1.82, 2.24) is 30.2 Å². The number of hydrogen-bond donors (Lipinski definition) is 5. The summed E-state index contributed by atoms with van der Waals surface area (Å²) in [5.74, 6) is -0.300. The lowest BCUT2D eigenvalue weighted by Crippen LogP contribution is -2.36. The predicted molar refractivity (Wildman–Crippen MR) is 77.0 cm³/mol. The summed E-state index contributed by atoms with van der Waals surface area (Å²) >= 11 is 0. The molecule has 23 heavy (non-hydrogen) atoms. The number of hydrogen-bond acceptors (Lipinski definition) is 6. The molecule has 0 fully saturated rings. The molecule has 0 aliphatic carbocycles. The van der Waals surface area contributed by atoms with E-state index in [-0.39, 0.29) is 22.9 Å². The van der Waals surface area contributed by atoms with E-state index < -0.39 is 5.56 Å². The Bertz CT molecular complexity index is 1080. The van der Waals surface area contributed by atoms with Crippen molar-refractivity contribution in [3.05, 3.63) is 41.2 Å². The van der Waals surface area contributed by atoms with Crippen molar-refractivity contribution in [3.8, 4) is 28.6 Å². The average molecular weight is 312 g/mol. The van der Waals surface area contributed by atoms with Crippen molar-refractivity contribution in [2.75, 3.05) is 0 Å². The van der Waals surface area contributed by atoms with Gasteiger partial charge in [-0.2, -0.15) is 0 Å². The van der Waals surface area contributed by atoms with Gasteiger partial charge in [0.15, 0.2) is 17.1 Å². The second-order valence-electron chi connectivity index (χ2n) is 4.75. The number of H-pyrrole nitrogens is 3. The molecule has 4 rings (SSSR count). The first-order chi connectivity index (χ1) is 11.1. The molecule has 5 N–H and O–H groups in total. The molecule has 10 nitrogen and oxygen atoms in total. The quantitative estimate of drug-likeness (QED) is 0.322. The summed E-state index contributed by atoms with van der Waals surface area (Å²) in [5.41, 5.74) is 1.21. The molecule has 0 amide bonds. The van der Waals surface area contributed by atoms with E-state index >= 15 is 0 Å². The van der Waals surface area contributed by atoms with E-state index in [1.807, 2.05) is 0 Å².